The number of ether oxygens (including phenoxy) is 1. The normalized spacial score (nSPS) is 11.9. The first-order valence-electron chi connectivity index (χ1n) is 8.66. The van der Waals surface area contributed by atoms with Crippen molar-refractivity contribution in [2.24, 2.45) is 0 Å². The first kappa shape index (κ1) is 19.0. The molecule has 0 aliphatic carbocycles. The number of rotatable bonds is 6. The van der Waals surface area contributed by atoms with E-state index in [9.17, 15) is 4.79 Å². The summed E-state index contributed by atoms with van der Waals surface area (Å²) >= 11 is 6.29. The largest absolute Gasteiger partial charge is 0.467 e. The Morgan fingerprint density at radius 3 is 2.63 bits per heavy atom. The summed E-state index contributed by atoms with van der Waals surface area (Å²) < 4.78 is 6.92. The monoisotopic (exact) mass is 383 g/mol. The Balaban J connectivity index is 1.85. The fraction of sp³-hybridized carbons (Fsp3) is 0.238. The highest BCUT2D eigenvalue weighted by atomic mass is 35.5. The molecule has 27 heavy (non-hydrogen) atoms. The van der Waals surface area contributed by atoms with Crippen LogP contribution in [0, 0.1) is 13.8 Å². The predicted octanol–water partition coefficient (Wildman–Crippen LogP) is 4.53. The van der Waals surface area contributed by atoms with Crippen molar-refractivity contribution in [3.05, 3.63) is 82.1 Å². The molecule has 0 saturated carbocycles. The number of hydrogen-bond acceptors (Lipinski definition) is 4. The topological polar surface area (TPSA) is 56.1 Å². The lowest BCUT2D eigenvalue weighted by Crippen LogP contribution is -2.22. The summed E-state index contributed by atoms with van der Waals surface area (Å²) in [6.07, 6.45) is 0. The molecule has 0 saturated heterocycles. The second-order valence-corrected chi connectivity index (χ2v) is 6.81. The number of hydrogen-bond donors (Lipinski definition) is 1. The Morgan fingerprint density at radius 2 is 1.96 bits per heavy atom. The Hall–Kier alpha value is -2.79. The van der Waals surface area contributed by atoms with Gasteiger partial charge in [-0.25, -0.2) is 4.79 Å². The van der Waals surface area contributed by atoms with E-state index in [1.54, 1.807) is 6.07 Å². The zero-order chi connectivity index (χ0) is 19.4. The van der Waals surface area contributed by atoms with E-state index in [-0.39, 0.29) is 0 Å². The molecule has 140 valence electrons. The molecule has 0 fully saturated rings. The van der Waals surface area contributed by atoms with E-state index < -0.39 is 12.0 Å². The average molecular weight is 384 g/mol. The fourth-order valence-electron chi connectivity index (χ4n) is 3.02. The van der Waals surface area contributed by atoms with Gasteiger partial charge in [0.1, 0.15) is 0 Å². The van der Waals surface area contributed by atoms with Crippen LogP contribution >= 0.6 is 11.6 Å². The van der Waals surface area contributed by atoms with E-state index in [0.717, 1.165) is 22.6 Å². The fourth-order valence-corrected chi connectivity index (χ4v) is 3.27. The molecule has 5 nitrogen and oxygen atoms in total. The number of halogens is 1. The van der Waals surface area contributed by atoms with Gasteiger partial charge in [0, 0.05) is 22.0 Å². The number of carbonyl (C=O) groups is 1. The smallest absolute Gasteiger partial charge is 0.333 e. The minimum absolute atomic E-state index is 0.396. The molecule has 0 aliphatic rings. The third kappa shape index (κ3) is 4.49. The lowest BCUT2D eigenvalue weighted by Gasteiger charge is -2.19. The summed E-state index contributed by atoms with van der Waals surface area (Å²) in [7, 11) is 1.37. The second-order valence-electron chi connectivity index (χ2n) is 6.41. The van der Waals surface area contributed by atoms with Crippen LogP contribution in [-0.4, -0.2) is 22.9 Å². The standard InChI is InChI=1S/C21H22ClN3O2/c1-14-11-15(2)25(24-14)13-16-7-6-8-17(12-16)23-20(21(26)27-3)18-9-4-5-10-19(18)22/h4-12,20,23H,13H2,1-3H3. The van der Waals surface area contributed by atoms with Gasteiger partial charge in [0.25, 0.3) is 0 Å². The number of aryl methyl sites for hydroxylation is 2. The highest BCUT2D eigenvalue weighted by Crippen LogP contribution is 2.27. The van der Waals surface area contributed by atoms with Crippen molar-refractivity contribution in [2.45, 2.75) is 26.4 Å². The van der Waals surface area contributed by atoms with Crippen molar-refractivity contribution < 1.29 is 9.53 Å². The summed E-state index contributed by atoms with van der Waals surface area (Å²) in [4.78, 5) is 12.3. The van der Waals surface area contributed by atoms with Gasteiger partial charge in [0.05, 0.1) is 19.3 Å². The van der Waals surface area contributed by atoms with Crippen LogP contribution in [0.15, 0.2) is 54.6 Å². The average Bonchev–Trinajstić information content (AvgIpc) is 2.97. The predicted molar refractivity (Wildman–Crippen MR) is 107 cm³/mol. The van der Waals surface area contributed by atoms with E-state index in [2.05, 4.69) is 10.4 Å². The van der Waals surface area contributed by atoms with Gasteiger partial charge in [-0.1, -0.05) is 41.9 Å². The molecule has 1 heterocycles. The SMILES string of the molecule is COC(=O)C(Nc1cccc(Cn2nc(C)cc2C)c1)c1ccccc1Cl. The highest BCUT2D eigenvalue weighted by molar-refractivity contribution is 6.31. The number of anilines is 1. The molecule has 0 radical (unpaired) electrons. The zero-order valence-electron chi connectivity index (χ0n) is 15.6. The number of aromatic nitrogens is 2. The van der Waals surface area contributed by atoms with E-state index in [0.29, 0.717) is 17.1 Å². The first-order chi connectivity index (χ1) is 13.0. The van der Waals surface area contributed by atoms with Gasteiger partial charge >= 0.3 is 5.97 Å². The van der Waals surface area contributed by atoms with Gasteiger partial charge in [-0.2, -0.15) is 5.10 Å². The van der Waals surface area contributed by atoms with Crippen molar-refractivity contribution in [1.29, 1.82) is 0 Å². The van der Waals surface area contributed by atoms with Crippen LogP contribution in [0.3, 0.4) is 0 Å². The van der Waals surface area contributed by atoms with Crippen LogP contribution < -0.4 is 5.32 Å². The third-order valence-corrected chi connectivity index (χ3v) is 4.67. The Labute approximate surface area is 163 Å². The minimum atomic E-state index is -0.687. The van der Waals surface area contributed by atoms with Crippen molar-refractivity contribution in [3.63, 3.8) is 0 Å². The second kappa shape index (κ2) is 8.27. The van der Waals surface area contributed by atoms with Crippen LogP contribution in [0.2, 0.25) is 5.02 Å². The van der Waals surface area contributed by atoms with E-state index in [1.165, 1.54) is 7.11 Å². The lowest BCUT2D eigenvalue weighted by atomic mass is 10.1. The van der Waals surface area contributed by atoms with Gasteiger partial charge < -0.3 is 10.1 Å². The molecule has 1 unspecified atom stereocenters. The molecule has 0 aliphatic heterocycles. The van der Waals surface area contributed by atoms with Crippen LogP contribution in [0.25, 0.3) is 0 Å². The van der Waals surface area contributed by atoms with Gasteiger partial charge in [-0.05, 0) is 43.7 Å². The van der Waals surface area contributed by atoms with Gasteiger partial charge in [0.15, 0.2) is 6.04 Å². The molecular formula is C21H22ClN3O2. The minimum Gasteiger partial charge on any atom is -0.467 e. The van der Waals surface area contributed by atoms with E-state index >= 15 is 0 Å². The lowest BCUT2D eigenvalue weighted by molar-refractivity contribution is -0.141. The van der Waals surface area contributed by atoms with Crippen LogP contribution in [-0.2, 0) is 16.1 Å². The molecule has 1 atom stereocenters. The van der Waals surface area contributed by atoms with Crippen molar-refractivity contribution in [2.75, 3.05) is 12.4 Å². The van der Waals surface area contributed by atoms with Crippen molar-refractivity contribution in [3.8, 4) is 0 Å². The first-order valence-corrected chi connectivity index (χ1v) is 9.04. The maximum absolute atomic E-state index is 12.3. The van der Waals surface area contributed by atoms with E-state index in [1.807, 2.05) is 67.1 Å². The van der Waals surface area contributed by atoms with Gasteiger partial charge in [-0.3, -0.25) is 4.68 Å². The summed E-state index contributed by atoms with van der Waals surface area (Å²) in [6.45, 7) is 4.67. The summed E-state index contributed by atoms with van der Waals surface area (Å²) in [5.41, 5.74) is 4.66. The number of carbonyl (C=O) groups excluding carboxylic acids is 1. The number of nitrogens with zero attached hydrogens (tertiary/aromatic N) is 2. The molecule has 0 bridgehead atoms. The van der Waals surface area contributed by atoms with E-state index in [4.69, 9.17) is 16.3 Å². The van der Waals surface area contributed by atoms with Crippen LogP contribution in [0.5, 0.6) is 0 Å². The molecule has 3 aromatic rings. The van der Waals surface area contributed by atoms with Crippen LogP contribution in [0.4, 0.5) is 5.69 Å². The zero-order valence-corrected chi connectivity index (χ0v) is 16.3. The summed E-state index contributed by atoms with van der Waals surface area (Å²) in [6, 6.07) is 16.5. The number of nitrogens with one attached hydrogen (secondary N) is 1. The Morgan fingerprint density at radius 1 is 1.19 bits per heavy atom. The molecule has 0 amide bonds. The quantitative estimate of drug-likeness (QED) is 0.635. The molecule has 3 rings (SSSR count). The number of benzene rings is 2. The maximum Gasteiger partial charge on any atom is 0.333 e. The molecular weight excluding hydrogens is 362 g/mol. The Kier molecular flexibility index (Phi) is 5.81. The molecule has 0 spiro atoms. The number of methoxy groups -OCH3 is 1. The van der Waals surface area contributed by atoms with Crippen molar-refractivity contribution in [1.82, 2.24) is 9.78 Å². The third-order valence-electron chi connectivity index (χ3n) is 4.33. The molecule has 2 aromatic carbocycles. The molecule has 6 heteroatoms. The van der Waals surface area contributed by atoms with Crippen molar-refractivity contribution >= 4 is 23.3 Å². The van der Waals surface area contributed by atoms with Gasteiger partial charge in [0.2, 0.25) is 0 Å². The summed E-state index contributed by atoms with van der Waals surface area (Å²) in [5.74, 6) is -0.396. The number of esters is 1. The summed E-state index contributed by atoms with van der Waals surface area (Å²) in [5, 5.41) is 8.26. The van der Waals surface area contributed by atoms with Gasteiger partial charge in [-0.15, -0.1) is 0 Å². The van der Waals surface area contributed by atoms with Crippen LogP contribution in [0.1, 0.15) is 28.6 Å². The highest BCUT2D eigenvalue weighted by Gasteiger charge is 2.23. The molecule has 1 aromatic heterocycles. The molecule has 1 N–H and O–H groups in total. The maximum atomic E-state index is 12.3. The Bertz CT molecular complexity index is 952.